The summed E-state index contributed by atoms with van der Waals surface area (Å²) in [6.07, 6.45) is 1.62. The van der Waals surface area contributed by atoms with Crippen molar-refractivity contribution >= 4 is 35.4 Å². The van der Waals surface area contributed by atoms with Gasteiger partial charge >= 0.3 is 6.03 Å². The maximum atomic E-state index is 12.1. The maximum Gasteiger partial charge on any atom is 0.346 e. The minimum absolute atomic E-state index is 0.00398. The number of amides is 3. The van der Waals surface area contributed by atoms with Gasteiger partial charge in [-0.3, -0.25) is 14.9 Å². The number of benzene rings is 1. The number of imide groups is 1. The van der Waals surface area contributed by atoms with Crippen molar-refractivity contribution in [3.63, 3.8) is 0 Å². The molecule has 1 saturated heterocycles. The molecule has 8 nitrogen and oxygen atoms in total. The van der Waals surface area contributed by atoms with Crippen LogP contribution in [0.2, 0.25) is 5.02 Å². The molecule has 9 heteroatoms. The lowest BCUT2D eigenvalue weighted by molar-refractivity contribution is -0.384. The molecule has 1 aliphatic rings. The van der Waals surface area contributed by atoms with E-state index in [1.54, 1.807) is 13.8 Å². The molecular weight excluding hydrogens is 312 g/mol. The number of nitro benzene ring substituents is 1. The van der Waals surface area contributed by atoms with Gasteiger partial charge in [-0.1, -0.05) is 24.6 Å². The molecule has 1 aromatic carbocycles. The molecule has 0 radical (unpaired) electrons. The molecule has 116 valence electrons. The normalized spacial score (nSPS) is 21.5. The Morgan fingerprint density at radius 2 is 2.18 bits per heavy atom. The number of hydrazone groups is 1. The Kier molecular flexibility index (Phi) is 4.14. The van der Waals surface area contributed by atoms with E-state index in [1.165, 1.54) is 24.4 Å². The zero-order valence-electron chi connectivity index (χ0n) is 11.9. The largest absolute Gasteiger partial charge is 0.346 e. The monoisotopic (exact) mass is 324 g/mol. The van der Waals surface area contributed by atoms with Crippen molar-refractivity contribution in [2.75, 3.05) is 0 Å². The van der Waals surface area contributed by atoms with Gasteiger partial charge in [0.2, 0.25) is 0 Å². The molecule has 1 fully saturated rings. The zero-order valence-corrected chi connectivity index (χ0v) is 12.6. The lowest BCUT2D eigenvalue weighted by Gasteiger charge is -2.17. The number of carbonyl (C=O) groups is 2. The van der Waals surface area contributed by atoms with Crippen molar-refractivity contribution in [2.45, 2.75) is 25.8 Å². The van der Waals surface area contributed by atoms with Crippen LogP contribution in [0, 0.1) is 10.1 Å². The van der Waals surface area contributed by atoms with Crippen LogP contribution in [0.3, 0.4) is 0 Å². The van der Waals surface area contributed by atoms with Crippen molar-refractivity contribution in [3.05, 3.63) is 38.9 Å². The van der Waals surface area contributed by atoms with Crippen LogP contribution in [0.4, 0.5) is 10.5 Å². The highest BCUT2D eigenvalue weighted by molar-refractivity contribution is 6.32. The van der Waals surface area contributed by atoms with Gasteiger partial charge in [-0.05, 0) is 19.4 Å². The second-order valence-electron chi connectivity index (χ2n) is 4.95. The van der Waals surface area contributed by atoms with E-state index in [2.05, 4.69) is 10.4 Å². The van der Waals surface area contributed by atoms with Gasteiger partial charge in [0.25, 0.3) is 11.6 Å². The summed E-state index contributed by atoms with van der Waals surface area (Å²) in [5, 5.41) is 17.9. The number of nitro groups is 1. The van der Waals surface area contributed by atoms with Crippen LogP contribution in [0.5, 0.6) is 0 Å². The van der Waals surface area contributed by atoms with Crippen LogP contribution >= 0.6 is 11.6 Å². The Morgan fingerprint density at radius 3 is 2.73 bits per heavy atom. The highest BCUT2D eigenvalue weighted by Gasteiger charge is 2.46. The first-order valence-corrected chi connectivity index (χ1v) is 6.81. The first-order chi connectivity index (χ1) is 10.3. The van der Waals surface area contributed by atoms with Gasteiger partial charge in [-0.15, -0.1) is 5.01 Å². The molecule has 0 aliphatic carbocycles. The first kappa shape index (κ1) is 15.9. The SMILES string of the molecule is CC[C@@]1(C)NC(=O)N(/N=C\c2ccc(Cl)c([N+](=O)[O-])c2)C1=O. The van der Waals surface area contributed by atoms with Gasteiger partial charge in [0.15, 0.2) is 0 Å². The number of urea groups is 1. The lowest BCUT2D eigenvalue weighted by atomic mass is 10.00. The Labute approximate surface area is 130 Å². The molecule has 1 aliphatic heterocycles. The predicted molar refractivity (Wildman–Crippen MR) is 79.8 cm³/mol. The summed E-state index contributed by atoms with van der Waals surface area (Å²) in [5.41, 5.74) is -0.913. The number of nitrogens with one attached hydrogen (secondary N) is 1. The average molecular weight is 325 g/mol. The number of carbonyl (C=O) groups excluding carboxylic acids is 2. The van der Waals surface area contributed by atoms with E-state index in [9.17, 15) is 19.7 Å². The van der Waals surface area contributed by atoms with E-state index in [0.717, 1.165) is 0 Å². The van der Waals surface area contributed by atoms with E-state index in [0.29, 0.717) is 17.0 Å². The molecule has 0 spiro atoms. The minimum atomic E-state index is -0.986. The van der Waals surface area contributed by atoms with Gasteiger partial charge in [0.1, 0.15) is 10.6 Å². The third kappa shape index (κ3) is 2.77. The van der Waals surface area contributed by atoms with E-state index >= 15 is 0 Å². The third-order valence-electron chi connectivity index (χ3n) is 3.44. The van der Waals surface area contributed by atoms with Gasteiger partial charge in [0.05, 0.1) is 11.1 Å². The average Bonchev–Trinajstić information content (AvgIpc) is 2.69. The molecule has 2 rings (SSSR count). The van der Waals surface area contributed by atoms with Crippen molar-refractivity contribution in [1.82, 2.24) is 10.3 Å². The summed E-state index contributed by atoms with van der Waals surface area (Å²) < 4.78 is 0. The van der Waals surface area contributed by atoms with Crippen LogP contribution in [0.15, 0.2) is 23.3 Å². The molecule has 0 bridgehead atoms. The summed E-state index contributed by atoms with van der Waals surface area (Å²) >= 11 is 5.71. The van der Waals surface area contributed by atoms with Crippen LogP contribution in [0.25, 0.3) is 0 Å². The Morgan fingerprint density at radius 1 is 1.50 bits per heavy atom. The summed E-state index contributed by atoms with van der Waals surface area (Å²) in [5.74, 6) is -0.472. The summed E-state index contributed by atoms with van der Waals surface area (Å²) in [6, 6.07) is 3.43. The molecular formula is C13H13ClN4O4. The number of halogens is 1. The Balaban J connectivity index is 2.26. The number of nitrogens with zero attached hydrogens (tertiary/aromatic N) is 3. The topological polar surface area (TPSA) is 105 Å². The van der Waals surface area contributed by atoms with Crippen LogP contribution in [-0.2, 0) is 4.79 Å². The third-order valence-corrected chi connectivity index (χ3v) is 3.76. The summed E-state index contributed by atoms with van der Waals surface area (Å²) in [4.78, 5) is 34.1. The molecule has 0 aromatic heterocycles. The van der Waals surface area contributed by atoms with E-state index in [1.807, 2.05) is 0 Å². The molecule has 1 heterocycles. The molecule has 0 saturated carbocycles. The van der Waals surface area contributed by atoms with E-state index < -0.39 is 22.4 Å². The minimum Gasteiger partial charge on any atom is -0.322 e. The molecule has 1 atom stereocenters. The van der Waals surface area contributed by atoms with Crippen molar-refractivity contribution in [3.8, 4) is 0 Å². The number of hydrogen-bond acceptors (Lipinski definition) is 5. The number of hydrogen-bond donors (Lipinski definition) is 1. The fraction of sp³-hybridized carbons (Fsp3) is 0.308. The fourth-order valence-corrected chi connectivity index (χ4v) is 2.07. The standard InChI is InChI=1S/C13H13ClN4O4/c1-3-13(2)11(19)17(12(20)16-13)15-7-8-4-5-9(14)10(6-8)18(21)22/h4-7H,3H2,1-2H3,(H,16,20)/b15-7-/t13-/m1/s1. The molecule has 1 aromatic rings. The zero-order chi connectivity index (χ0) is 16.5. The molecule has 0 unspecified atom stereocenters. The van der Waals surface area contributed by atoms with Crippen molar-refractivity contribution in [2.24, 2.45) is 5.10 Å². The molecule has 3 amide bonds. The van der Waals surface area contributed by atoms with Crippen LogP contribution < -0.4 is 5.32 Å². The second kappa shape index (κ2) is 5.72. The highest BCUT2D eigenvalue weighted by Crippen LogP contribution is 2.25. The van der Waals surface area contributed by atoms with Gasteiger partial charge < -0.3 is 5.32 Å². The quantitative estimate of drug-likeness (QED) is 0.397. The Hall–Kier alpha value is -2.48. The fourth-order valence-electron chi connectivity index (χ4n) is 1.89. The summed E-state index contributed by atoms with van der Waals surface area (Å²) in [7, 11) is 0. The van der Waals surface area contributed by atoms with E-state index in [4.69, 9.17) is 11.6 Å². The highest BCUT2D eigenvalue weighted by atomic mass is 35.5. The predicted octanol–water partition coefficient (Wildman–Crippen LogP) is 2.30. The Bertz CT molecular complexity index is 691. The maximum absolute atomic E-state index is 12.1. The van der Waals surface area contributed by atoms with Crippen molar-refractivity contribution < 1.29 is 14.5 Å². The second-order valence-corrected chi connectivity index (χ2v) is 5.35. The van der Waals surface area contributed by atoms with Crippen LogP contribution in [0.1, 0.15) is 25.8 Å². The van der Waals surface area contributed by atoms with Gasteiger partial charge in [-0.25, -0.2) is 4.79 Å². The molecule has 1 N–H and O–H groups in total. The van der Waals surface area contributed by atoms with Gasteiger partial charge in [-0.2, -0.15) is 5.10 Å². The van der Waals surface area contributed by atoms with E-state index in [-0.39, 0.29) is 10.7 Å². The van der Waals surface area contributed by atoms with Gasteiger partial charge in [0, 0.05) is 11.6 Å². The first-order valence-electron chi connectivity index (χ1n) is 6.43. The smallest absolute Gasteiger partial charge is 0.322 e. The lowest BCUT2D eigenvalue weighted by Crippen LogP contribution is -2.42. The number of rotatable bonds is 4. The summed E-state index contributed by atoms with van der Waals surface area (Å²) in [6.45, 7) is 3.38. The molecule has 22 heavy (non-hydrogen) atoms. The van der Waals surface area contributed by atoms with Crippen molar-refractivity contribution in [1.29, 1.82) is 0 Å². The van der Waals surface area contributed by atoms with Crippen LogP contribution in [-0.4, -0.2) is 33.6 Å².